The smallest absolute Gasteiger partial charge is 0.283 e. The van der Waals surface area contributed by atoms with Crippen molar-refractivity contribution in [1.29, 1.82) is 0 Å². The number of anilines is 1. The van der Waals surface area contributed by atoms with E-state index in [4.69, 9.17) is 0 Å². The molecule has 1 atom stereocenters. The largest absolute Gasteiger partial charge is 0.364 e. The van der Waals surface area contributed by atoms with Crippen LogP contribution in [0.15, 0.2) is 46.9 Å². The summed E-state index contributed by atoms with van der Waals surface area (Å²) in [5.74, 6) is 0. The quantitative estimate of drug-likeness (QED) is 0.614. The van der Waals surface area contributed by atoms with Crippen molar-refractivity contribution in [1.82, 2.24) is 0 Å². The lowest BCUT2D eigenvalue weighted by molar-refractivity contribution is -0.385. The second-order valence-corrected chi connectivity index (χ2v) is 6.11. The van der Waals surface area contributed by atoms with Gasteiger partial charge >= 0.3 is 0 Å². The third-order valence-electron chi connectivity index (χ3n) is 3.94. The molecule has 0 aliphatic carbocycles. The minimum atomic E-state index is -0.352. The van der Waals surface area contributed by atoms with Crippen molar-refractivity contribution in [2.45, 2.75) is 25.9 Å². The van der Waals surface area contributed by atoms with E-state index in [0.717, 1.165) is 12.0 Å². The number of hydrogen-bond acceptors (Lipinski definition) is 3. The Labute approximate surface area is 131 Å². The van der Waals surface area contributed by atoms with Crippen molar-refractivity contribution in [3.05, 3.63) is 68.2 Å². The molecule has 0 radical (unpaired) electrons. The lowest BCUT2D eigenvalue weighted by Crippen LogP contribution is -2.28. The molecule has 0 bridgehead atoms. The van der Waals surface area contributed by atoms with Crippen molar-refractivity contribution in [3.63, 3.8) is 0 Å². The zero-order chi connectivity index (χ0) is 15.0. The first-order valence-corrected chi connectivity index (χ1v) is 7.63. The topological polar surface area (TPSA) is 46.4 Å². The average Bonchev–Trinajstić information content (AvgIpc) is 2.77. The van der Waals surface area contributed by atoms with Crippen LogP contribution < -0.4 is 4.90 Å². The van der Waals surface area contributed by atoms with E-state index >= 15 is 0 Å². The van der Waals surface area contributed by atoms with E-state index < -0.39 is 0 Å². The first-order valence-electron chi connectivity index (χ1n) is 6.84. The fourth-order valence-electron chi connectivity index (χ4n) is 2.88. The molecule has 5 heteroatoms. The summed E-state index contributed by atoms with van der Waals surface area (Å²) in [6.07, 6.45) is 1.02. The second kappa shape index (κ2) is 5.48. The molecule has 2 aromatic rings. The van der Waals surface area contributed by atoms with Gasteiger partial charge in [0.05, 0.1) is 4.92 Å². The van der Waals surface area contributed by atoms with Gasteiger partial charge in [-0.05, 0) is 46.5 Å². The number of para-hydroxylation sites is 1. The van der Waals surface area contributed by atoms with Gasteiger partial charge in [0.15, 0.2) is 0 Å². The Morgan fingerprint density at radius 3 is 2.81 bits per heavy atom. The van der Waals surface area contributed by atoms with Crippen LogP contribution in [0.5, 0.6) is 0 Å². The van der Waals surface area contributed by atoms with E-state index in [0.29, 0.717) is 17.1 Å². The lowest BCUT2D eigenvalue weighted by Gasteiger charge is -2.25. The molecule has 108 valence electrons. The number of benzene rings is 2. The highest BCUT2D eigenvalue weighted by Crippen LogP contribution is 2.35. The minimum Gasteiger partial charge on any atom is -0.364 e. The zero-order valence-corrected chi connectivity index (χ0v) is 13.2. The van der Waals surface area contributed by atoms with Crippen LogP contribution in [-0.2, 0) is 13.0 Å². The minimum absolute atomic E-state index is 0.118. The molecule has 0 N–H and O–H groups in total. The van der Waals surface area contributed by atoms with Gasteiger partial charge in [0.1, 0.15) is 4.47 Å². The first-order chi connectivity index (χ1) is 10.1. The summed E-state index contributed by atoms with van der Waals surface area (Å²) in [5, 5.41) is 11.0. The van der Waals surface area contributed by atoms with Gasteiger partial charge in [-0.15, -0.1) is 0 Å². The number of nitrogens with zero attached hydrogens (tertiary/aromatic N) is 2. The predicted molar refractivity (Wildman–Crippen MR) is 86.6 cm³/mol. The van der Waals surface area contributed by atoms with E-state index in [2.05, 4.69) is 46.0 Å². The maximum absolute atomic E-state index is 11.0. The van der Waals surface area contributed by atoms with E-state index in [1.54, 1.807) is 6.07 Å². The van der Waals surface area contributed by atoms with Gasteiger partial charge in [0.25, 0.3) is 5.69 Å². The molecule has 4 nitrogen and oxygen atoms in total. The van der Waals surface area contributed by atoms with Crippen LogP contribution in [-0.4, -0.2) is 11.0 Å². The SMILES string of the molecule is CC1Cc2ccccc2N1Cc1cccc([N+](=O)[O-])c1Br. The summed E-state index contributed by atoms with van der Waals surface area (Å²) in [4.78, 5) is 13.0. The van der Waals surface area contributed by atoms with Crippen molar-refractivity contribution in [2.75, 3.05) is 4.90 Å². The number of halogens is 1. The summed E-state index contributed by atoms with van der Waals surface area (Å²) >= 11 is 3.38. The summed E-state index contributed by atoms with van der Waals surface area (Å²) in [5.41, 5.74) is 3.62. The monoisotopic (exact) mass is 346 g/mol. The standard InChI is InChI=1S/C16H15BrN2O2/c1-11-9-12-5-2-3-7-14(12)18(11)10-13-6-4-8-15(16(13)17)19(20)21/h2-8,11H,9-10H2,1H3. The second-order valence-electron chi connectivity index (χ2n) is 5.32. The number of nitro benzene ring substituents is 1. The summed E-state index contributed by atoms with van der Waals surface area (Å²) in [6.45, 7) is 2.85. The zero-order valence-electron chi connectivity index (χ0n) is 11.6. The highest BCUT2D eigenvalue weighted by Gasteiger charge is 2.26. The molecule has 0 spiro atoms. The summed E-state index contributed by atoms with van der Waals surface area (Å²) < 4.78 is 0.576. The average molecular weight is 347 g/mol. The predicted octanol–water partition coefficient (Wildman–Crippen LogP) is 4.31. The van der Waals surface area contributed by atoms with Crippen molar-refractivity contribution in [3.8, 4) is 0 Å². The van der Waals surface area contributed by atoms with Crippen LogP contribution in [0.3, 0.4) is 0 Å². The van der Waals surface area contributed by atoms with Crippen LogP contribution in [0.4, 0.5) is 11.4 Å². The highest BCUT2D eigenvalue weighted by atomic mass is 79.9. The molecule has 1 aliphatic heterocycles. The first kappa shape index (κ1) is 14.1. The fourth-order valence-corrected chi connectivity index (χ4v) is 3.42. The number of fused-ring (bicyclic) bond motifs is 1. The van der Waals surface area contributed by atoms with Crippen molar-refractivity contribution >= 4 is 27.3 Å². The number of nitro groups is 1. The number of hydrogen-bond donors (Lipinski definition) is 0. The van der Waals surface area contributed by atoms with Gasteiger partial charge in [-0.25, -0.2) is 0 Å². The fraction of sp³-hybridized carbons (Fsp3) is 0.250. The van der Waals surface area contributed by atoms with Gasteiger partial charge in [-0.2, -0.15) is 0 Å². The molecular formula is C16H15BrN2O2. The van der Waals surface area contributed by atoms with Gasteiger partial charge in [0, 0.05) is 24.3 Å². The molecule has 0 fully saturated rings. The molecule has 1 aliphatic rings. The molecular weight excluding hydrogens is 332 g/mol. The molecule has 1 heterocycles. The molecule has 1 unspecified atom stereocenters. The molecule has 0 saturated carbocycles. The summed E-state index contributed by atoms with van der Waals surface area (Å²) in [7, 11) is 0. The Bertz CT molecular complexity index is 702. The molecule has 0 aromatic heterocycles. The Morgan fingerprint density at radius 2 is 2.05 bits per heavy atom. The lowest BCUT2D eigenvalue weighted by atomic mass is 10.1. The normalized spacial score (nSPS) is 16.9. The van der Waals surface area contributed by atoms with Crippen molar-refractivity contribution < 1.29 is 4.92 Å². The van der Waals surface area contributed by atoms with Crippen molar-refractivity contribution in [2.24, 2.45) is 0 Å². The highest BCUT2D eigenvalue weighted by molar-refractivity contribution is 9.10. The molecule has 3 rings (SSSR count). The van der Waals surface area contributed by atoms with E-state index in [-0.39, 0.29) is 10.6 Å². The van der Waals surface area contributed by atoms with E-state index in [1.165, 1.54) is 17.3 Å². The van der Waals surface area contributed by atoms with Crippen LogP contribution in [0.25, 0.3) is 0 Å². The Hall–Kier alpha value is -1.88. The third kappa shape index (κ3) is 2.53. The van der Waals surface area contributed by atoms with Crippen LogP contribution >= 0.6 is 15.9 Å². The molecule has 2 aromatic carbocycles. The maximum Gasteiger partial charge on any atom is 0.283 e. The third-order valence-corrected chi connectivity index (χ3v) is 4.86. The van der Waals surface area contributed by atoms with Gasteiger partial charge < -0.3 is 4.90 Å². The molecule has 0 saturated heterocycles. The van der Waals surface area contributed by atoms with Gasteiger partial charge in [-0.1, -0.05) is 30.3 Å². The maximum atomic E-state index is 11.0. The Balaban J connectivity index is 1.94. The Morgan fingerprint density at radius 1 is 1.29 bits per heavy atom. The van der Waals surface area contributed by atoms with E-state index in [1.807, 2.05) is 12.1 Å². The van der Waals surface area contributed by atoms with Crippen LogP contribution in [0.1, 0.15) is 18.1 Å². The number of rotatable bonds is 3. The van der Waals surface area contributed by atoms with Crippen LogP contribution in [0, 0.1) is 10.1 Å². The molecule has 21 heavy (non-hydrogen) atoms. The van der Waals surface area contributed by atoms with Crippen LogP contribution in [0.2, 0.25) is 0 Å². The van der Waals surface area contributed by atoms with Gasteiger partial charge in [-0.3, -0.25) is 10.1 Å². The molecule has 0 amide bonds. The Kier molecular flexibility index (Phi) is 3.68. The van der Waals surface area contributed by atoms with E-state index in [9.17, 15) is 10.1 Å². The van der Waals surface area contributed by atoms with Gasteiger partial charge in [0.2, 0.25) is 0 Å². The summed E-state index contributed by atoms with van der Waals surface area (Å²) in [6, 6.07) is 13.9.